The highest BCUT2D eigenvalue weighted by Gasteiger charge is 2.55. The number of halogens is 1. The molecule has 0 heterocycles. The molecule has 2 fully saturated rings. The molecule has 1 aromatic carbocycles. The summed E-state index contributed by atoms with van der Waals surface area (Å²) in [6.07, 6.45) is 5.18. The van der Waals surface area contributed by atoms with Crippen molar-refractivity contribution >= 4 is 21.8 Å². The molecular weight excluding hydrogens is 302 g/mol. The van der Waals surface area contributed by atoms with E-state index in [4.69, 9.17) is 0 Å². The first-order valence-electron chi connectivity index (χ1n) is 7.16. The van der Waals surface area contributed by atoms with E-state index in [0.29, 0.717) is 23.7 Å². The lowest BCUT2D eigenvalue weighted by atomic mass is 10.0. The lowest BCUT2D eigenvalue weighted by molar-refractivity contribution is -0.132. The van der Waals surface area contributed by atoms with E-state index in [2.05, 4.69) is 28.1 Å². The summed E-state index contributed by atoms with van der Waals surface area (Å²) in [5.74, 6) is 2.10. The Hall–Kier alpha value is -0.830. The predicted molar refractivity (Wildman–Crippen MR) is 79.6 cm³/mol. The van der Waals surface area contributed by atoms with E-state index in [1.54, 1.807) is 0 Å². The minimum absolute atomic E-state index is 0.336. The molecule has 0 bridgehead atoms. The Balaban J connectivity index is 1.60. The van der Waals surface area contributed by atoms with Crippen LogP contribution in [0.2, 0.25) is 0 Å². The fraction of sp³-hybridized carbons (Fsp3) is 0.562. The third-order valence-corrected chi connectivity index (χ3v) is 5.18. The van der Waals surface area contributed by atoms with E-state index < -0.39 is 0 Å². The maximum Gasteiger partial charge on any atom is 0.226 e. The second kappa shape index (κ2) is 5.28. The fourth-order valence-corrected chi connectivity index (χ4v) is 3.82. The van der Waals surface area contributed by atoms with Gasteiger partial charge in [-0.3, -0.25) is 4.79 Å². The molecule has 1 amide bonds. The Morgan fingerprint density at radius 3 is 2.37 bits per heavy atom. The van der Waals surface area contributed by atoms with Crippen LogP contribution in [0, 0.1) is 17.8 Å². The van der Waals surface area contributed by atoms with Crippen LogP contribution in [-0.4, -0.2) is 17.9 Å². The van der Waals surface area contributed by atoms with Gasteiger partial charge in [-0.2, -0.15) is 0 Å². The summed E-state index contributed by atoms with van der Waals surface area (Å²) in [6, 6.07) is 8.22. The first-order chi connectivity index (χ1) is 9.16. The molecule has 19 heavy (non-hydrogen) atoms. The van der Waals surface area contributed by atoms with Crippen molar-refractivity contribution in [1.29, 1.82) is 0 Å². The van der Waals surface area contributed by atoms with Crippen molar-refractivity contribution in [2.75, 3.05) is 7.05 Å². The summed E-state index contributed by atoms with van der Waals surface area (Å²) >= 11 is 3.43. The maximum atomic E-state index is 12.5. The zero-order valence-corrected chi connectivity index (χ0v) is 12.9. The number of hydrogen-bond acceptors (Lipinski definition) is 1. The third-order valence-electron chi connectivity index (χ3n) is 4.65. The molecule has 2 aliphatic carbocycles. The van der Waals surface area contributed by atoms with Crippen molar-refractivity contribution in [3.8, 4) is 0 Å². The molecule has 2 nitrogen and oxygen atoms in total. The summed E-state index contributed by atoms with van der Waals surface area (Å²) in [7, 11) is 1.94. The van der Waals surface area contributed by atoms with Crippen LogP contribution in [-0.2, 0) is 11.3 Å². The number of fused-ring (bicyclic) bond motifs is 1. The van der Waals surface area contributed by atoms with E-state index >= 15 is 0 Å². The Morgan fingerprint density at radius 1 is 1.21 bits per heavy atom. The molecule has 0 aromatic heterocycles. The van der Waals surface area contributed by atoms with Gasteiger partial charge in [0.1, 0.15) is 0 Å². The molecule has 0 aliphatic heterocycles. The van der Waals surface area contributed by atoms with Gasteiger partial charge in [0.25, 0.3) is 0 Å². The number of hydrogen-bond donors (Lipinski definition) is 0. The van der Waals surface area contributed by atoms with Crippen molar-refractivity contribution in [2.24, 2.45) is 17.8 Å². The van der Waals surface area contributed by atoms with Crippen molar-refractivity contribution < 1.29 is 4.79 Å². The Bertz CT molecular complexity index is 458. The molecule has 3 rings (SSSR count). The molecule has 1 aromatic rings. The smallest absolute Gasteiger partial charge is 0.226 e. The van der Waals surface area contributed by atoms with Gasteiger partial charge in [-0.1, -0.05) is 40.9 Å². The van der Waals surface area contributed by atoms with Gasteiger partial charge in [0, 0.05) is 24.0 Å². The van der Waals surface area contributed by atoms with E-state index in [0.717, 1.165) is 11.0 Å². The Labute approximate surface area is 123 Å². The summed E-state index contributed by atoms with van der Waals surface area (Å²) in [5, 5.41) is 0. The van der Waals surface area contributed by atoms with Gasteiger partial charge in [0.2, 0.25) is 5.91 Å². The normalized spacial score (nSPS) is 28.6. The van der Waals surface area contributed by atoms with Crippen molar-refractivity contribution in [1.82, 2.24) is 4.90 Å². The third kappa shape index (κ3) is 2.71. The number of rotatable bonds is 3. The zero-order valence-electron chi connectivity index (χ0n) is 11.3. The number of carbonyl (C=O) groups is 1. The summed E-state index contributed by atoms with van der Waals surface area (Å²) in [5.41, 5.74) is 1.20. The second-order valence-electron chi connectivity index (χ2n) is 5.96. The lowest BCUT2D eigenvalue weighted by Gasteiger charge is -2.17. The molecule has 2 unspecified atom stereocenters. The highest BCUT2D eigenvalue weighted by atomic mass is 79.9. The molecular formula is C16H20BrNO. The molecule has 102 valence electrons. The monoisotopic (exact) mass is 321 g/mol. The minimum atomic E-state index is 0.336. The van der Waals surface area contributed by atoms with Gasteiger partial charge < -0.3 is 4.90 Å². The van der Waals surface area contributed by atoms with E-state index in [9.17, 15) is 4.79 Å². The topological polar surface area (TPSA) is 20.3 Å². The molecule has 2 aliphatic rings. The molecule has 2 saturated carbocycles. The first kappa shape index (κ1) is 13.2. The van der Waals surface area contributed by atoms with Gasteiger partial charge in [-0.15, -0.1) is 0 Å². The van der Waals surface area contributed by atoms with Gasteiger partial charge >= 0.3 is 0 Å². The average molecular weight is 322 g/mol. The van der Waals surface area contributed by atoms with Crippen LogP contribution in [0.1, 0.15) is 31.2 Å². The fourth-order valence-electron chi connectivity index (χ4n) is 3.55. The Kier molecular flexibility index (Phi) is 3.66. The SMILES string of the molecule is CN(Cc1ccc(Br)cc1)C(=O)C1C2CCCCC21. The van der Waals surface area contributed by atoms with E-state index in [1.165, 1.54) is 31.2 Å². The van der Waals surface area contributed by atoms with Crippen molar-refractivity contribution in [3.63, 3.8) is 0 Å². The average Bonchev–Trinajstić information content (AvgIpc) is 3.14. The quantitative estimate of drug-likeness (QED) is 0.828. The number of carbonyl (C=O) groups excluding carboxylic acids is 1. The number of amides is 1. The van der Waals surface area contributed by atoms with Crippen molar-refractivity contribution in [3.05, 3.63) is 34.3 Å². The summed E-state index contributed by atoms with van der Waals surface area (Å²) < 4.78 is 1.08. The number of benzene rings is 1. The highest BCUT2D eigenvalue weighted by molar-refractivity contribution is 9.10. The molecule has 0 radical (unpaired) electrons. The summed E-state index contributed by atoms with van der Waals surface area (Å²) in [6.45, 7) is 0.724. The molecule has 2 atom stereocenters. The lowest BCUT2D eigenvalue weighted by Crippen LogP contribution is -2.28. The van der Waals surface area contributed by atoms with Crippen LogP contribution in [0.5, 0.6) is 0 Å². The van der Waals surface area contributed by atoms with Crippen molar-refractivity contribution in [2.45, 2.75) is 32.2 Å². The first-order valence-corrected chi connectivity index (χ1v) is 7.95. The zero-order chi connectivity index (χ0) is 13.4. The molecule has 0 spiro atoms. The molecule has 0 N–H and O–H groups in total. The van der Waals surface area contributed by atoms with E-state index in [-0.39, 0.29) is 0 Å². The highest BCUT2D eigenvalue weighted by Crippen LogP contribution is 2.56. The Morgan fingerprint density at radius 2 is 1.79 bits per heavy atom. The van der Waals surface area contributed by atoms with Crippen LogP contribution in [0.25, 0.3) is 0 Å². The second-order valence-corrected chi connectivity index (χ2v) is 6.87. The van der Waals surface area contributed by atoms with Crippen LogP contribution in [0.15, 0.2) is 28.7 Å². The predicted octanol–water partition coefficient (Wildman–Crippen LogP) is 3.84. The van der Waals surface area contributed by atoms with Crippen LogP contribution < -0.4 is 0 Å². The largest absolute Gasteiger partial charge is 0.341 e. The van der Waals surface area contributed by atoms with Gasteiger partial charge in [-0.25, -0.2) is 0 Å². The minimum Gasteiger partial charge on any atom is -0.341 e. The molecule has 3 heteroatoms. The van der Waals surface area contributed by atoms with Gasteiger partial charge in [0.15, 0.2) is 0 Å². The van der Waals surface area contributed by atoms with Gasteiger partial charge in [0.05, 0.1) is 0 Å². The van der Waals surface area contributed by atoms with Crippen LogP contribution >= 0.6 is 15.9 Å². The molecule has 0 saturated heterocycles. The number of nitrogens with zero attached hydrogens (tertiary/aromatic N) is 1. The van der Waals surface area contributed by atoms with Gasteiger partial charge in [-0.05, 0) is 42.4 Å². The summed E-state index contributed by atoms with van der Waals surface area (Å²) in [4.78, 5) is 14.4. The van der Waals surface area contributed by atoms with E-state index in [1.807, 2.05) is 24.1 Å². The maximum absolute atomic E-state index is 12.5. The van der Waals surface area contributed by atoms with Crippen LogP contribution in [0.4, 0.5) is 0 Å². The standard InChI is InChI=1S/C16H20BrNO/c1-18(10-11-6-8-12(17)9-7-11)16(19)15-13-4-2-3-5-14(13)15/h6-9,13-15H,2-5,10H2,1H3. The van der Waals surface area contributed by atoms with Crippen LogP contribution in [0.3, 0.4) is 0 Å².